The number of hydrogen-bond acceptors (Lipinski definition) is 3. The Morgan fingerprint density at radius 1 is 1.12 bits per heavy atom. The summed E-state index contributed by atoms with van der Waals surface area (Å²) in [6, 6.07) is 8.04. The van der Waals surface area contributed by atoms with Crippen LogP contribution in [0.15, 0.2) is 29.3 Å². The molecule has 0 spiro atoms. The highest BCUT2D eigenvalue weighted by Crippen LogP contribution is 2.22. The SMILES string of the molecule is CCCCSc1nc2ccccc2nc1C. The Hall–Kier alpha value is -1.09. The molecule has 2 nitrogen and oxygen atoms in total. The molecular weight excluding hydrogens is 216 g/mol. The summed E-state index contributed by atoms with van der Waals surface area (Å²) in [6.07, 6.45) is 2.46. The van der Waals surface area contributed by atoms with Crippen molar-refractivity contribution in [3.8, 4) is 0 Å². The minimum atomic E-state index is 0.986. The molecule has 0 saturated heterocycles. The second-order valence-electron chi connectivity index (χ2n) is 3.80. The van der Waals surface area contributed by atoms with Crippen LogP contribution in [0.5, 0.6) is 0 Å². The topological polar surface area (TPSA) is 25.8 Å². The smallest absolute Gasteiger partial charge is 0.118 e. The second kappa shape index (κ2) is 5.30. The molecule has 3 heteroatoms. The molecule has 0 fully saturated rings. The molecule has 84 valence electrons. The zero-order valence-corrected chi connectivity index (χ0v) is 10.5. The van der Waals surface area contributed by atoms with Gasteiger partial charge in [-0.25, -0.2) is 9.97 Å². The summed E-state index contributed by atoms with van der Waals surface area (Å²) in [7, 11) is 0. The highest BCUT2D eigenvalue weighted by Gasteiger charge is 2.04. The van der Waals surface area contributed by atoms with E-state index in [0.717, 1.165) is 27.5 Å². The van der Waals surface area contributed by atoms with E-state index < -0.39 is 0 Å². The van der Waals surface area contributed by atoms with Crippen LogP contribution in [0.2, 0.25) is 0 Å². The Bertz CT molecular complexity index is 482. The first-order valence-electron chi connectivity index (χ1n) is 5.67. The van der Waals surface area contributed by atoms with Crippen molar-refractivity contribution in [1.29, 1.82) is 0 Å². The number of thioether (sulfide) groups is 1. The Morgan fingerprint density at radius 3 is 2.50 bits per heavy atom. The maximum atomic E-state index is 4.65. The van der Waals surface area contributed by atoms with Crippen molar-refractivity contribution in [3.05, 3.63) is 30.0 Å². The van der Waals surface area contributed by atoms with Crippen LogP contribution >= 0.6 is 11.8 Å². The summed E-state index contributed by atoms with van der Waals surface area (Å²) in [6.45, 7) is 4.24. The molecular formula is C13H16N2S. The van der Waals surface area contributed by atoms with Gasteiger partial charge in [-0.05, 0) is 31.2 Å². The molecule has 1 aromatic carbocycles. The third-order valence-electron chi connectivity index (χ3n) is 2.44. The van der Waals surface area contributed by atoms with Gasteiger partial charge in [0.05, 0.1) is 16.7 Å². The van der Waals surface area contributed by atoms with Gasteiger partial charge in [-0.3, -0.25) is 0 Å². The van der Waals surface area contributed by atoms with E-state index in [1.807, 2.05) is 43.0 Å². The van der Waals surface area contributed by atoms with Gasteiger partial charge in [0.25, 0.3) is 0 Å². The fourth-order valence-electron chi connectivity index (χ4n) is 1.52. The Labute approximate surface area is 101 Å². The zero-order chi connectivity index (χ0) is 11.4. The molecule has 0 aliphatic carbocycles. The molecule has 0 amide bonds. The molecule has 0 atom stereocenters. The van der Waals surface area contributed by atoms with Crippen LogP contribution in [0.1, 0.15) is 25.5 Å². The van der Waals surface area contributed by atoms with E-state index in [-0.39, 0.29) is 0 Å². The summed E-state index contributed by atoms with van der Waals surface area (Å²) < 4.78 is 0. The summed E-state index contributed by atoms with van der Waals surface area (Å²) >= 11 is 1.81. The van der Waals surface area contributed by atoms with E-state index in [9.17, 15) is 0 Å². The third-order valence-corrected chi connectivity index (χ3v) is 3.59. The number of rotatable bonds is 4. The largest absolute Gasteiger partial charge is 0.249 e. The van der Waals surface area contributed by atoms with Crippen LogP contribution in [0.4, 0.5) is 0 Å². The molecule has 0 aliphatic rings. The number of unbranched alkanes of at least 4 members (excludes halogenated alkanes) is 1. The fraction of sp³-hybridized carbons (Fsp3) is 0.385. The van der Waals surface area contributed by atoms with Crippen LogP contribution < -0.4 is 0 Å². The van der Waals surface area contributed by atoms with Crippen molar-refractivity contribution in [3.63, 3.8) is 0 Å². The van der Waals surface area contributed by atoms with Gasteiger partial charge in [0.15, 0.2) is 0 Å². The Morgan fingerprint density at radius 2 is 1.81 bits per heavy atom. The number of hydrogen-bond donors (Lipinski definition) is 0. The predicted octanol–water partition coefficient (Wildman–Crippen LogP) is 3.83. The van der Waals surface area contributed by atoms with Crippen molar-refractivity contribution < 1.29 is 0 Å². The summed E-state index contributed by atoms with van der Waals surface area (Å²) in [4.78, 5) is 9.22. The van der Waals surface area contributed by atoms with E-state index in [0.29, 0.717) is 0 Å². The number of aromatic nitrogens is 2. The minimum Gasteiger partial charge on any atom is -0.249 e. The minimum absolute atomic E-state index is 0.986. The van der Waals surface area contributed by atoms with Gasteiger partial charge in [-0.2, -0.15) is 0 Å². The van der Waals surface area contributed by atoms with Gasteiger partial charge in [0.2, 0.25) is 0 Å². The summed E-state index contributed by atoms with van der Waals surface area (Å²) in [5.41, 5.74) is 3.02. The number of para-hydroxylation sites is 2. The highest BCUT2D eigenvalue weighted by molar-refractivity contribution is 7.99. The first-order valence-corrected chi connectivity index (χ1v) is 6.66. The molecule has 0 N–H and O–H groups in total. The maximum absolute atomic E-state index is 4.65. The first-order chi connectivity index (χ1) is 7.81. The number of nitrogens with zero attached hydrogens (tertiary/aromatic N) is 2. The molecule has 2 aromatic rings. The zero-order valence-electron chi connectivity index (χ0n) is 9.73. The Kier molecular flexibility index (Phi) is 3.78. The molecule has 1 heterocycles. The van der Waals surface area contributed by atoms with Gasteiger partial charge in [-0.15, -0.1) is 11.8 Å². The third kappa shape index (κ3) is 2.53. The summed E-state index contributed by atoms with van der Waals surface area (Å²) in [5, 5.41) is 1.08. The molecule has 2 rings (SSSR count). The molecule has 0 saturated carbocycles. The molecule has 1 aromatic heterocycles. The highest BCUT2D eigenvalue weighted by atomic mass is 32.2. The van der Waals surface area contributed by atoms with Crippen molar-refractivity contribution in [2.24, 2.45) is 0 Å². The fourth-order valence-corrected chi connectivity index (χ4v) is 2.57. The van der Waals surface area contributed by atoms with Gasteiger partial charge < -0.3 is 0 Å². The van der Waals surface area contributed by atoms with E-state index in [1.54, 1.807) is 0 Å². The maximum Gasteiger partial charge on any atom is 0.118 e. The number of aryl methyl sites for hydroxylation is 1. The Balaban J connectivity index is 2.27. The monoisotopic (exact) mass is 232 g/mol. The quantitative estimate of drug-likeness (QED) is 0.592. The van der Waals surface area contributed by atoms with Crippen molar-refractivity contribution in [2.75, 3.05) is 5.75 Å². The van der Waals surface area contributed by atoms with Gasteiger partial charge in [-0.1, -0.05) is 25.5 Å². The average Bonchev–Trinajstić information content (AvgIpc) is 2.30. The van der Waals surface area contributed by atoms with Gasteiger partial charge in [0, 0.05) is 0 Å². The van der Waals surface area contributed by atoms with E-state index in [4.69, 9.17) is 0 Å². The van der Waals surface area contributed by atoms with Crippen LogP contribution in [-0.2, 0) is 0 Å². The standard InChI is InChI=1S/C13H16N2S/c1-3-4-9-16-13-10(2)14-11-7-5-6-8-12(11)15-13/h5-8H,3-4,9H2,1-2H3. The number of fused-ring (bicyclic) bond motifs is 1. The summed E-state index contributed by atoms with van der Waals surface area (Å²) in [5.74, 6) is 1.13. The van der Waals surface area contributed by atoms with E-state index in [2.05, 4.69) is 16.9 Å². The van der Waals surface area contributed by atoms with Crippen LogP contribution in [0, 0.1) is 6.92 Å². The van der Waals surface area contributed by atoms with Gasteiger partial charge >= 0.3 is 0 Å². The lowest BCUT2D eigenvalue weighted by Gasteiger charge is -2.05. The molecule has 0 unspecified atom stereocenters. The number of benzene rings is 1. The van der Waals surface area contributed by atoms with Crippen molar-refractivity contribution in [1.82, 2.24) is 9.97 Å². The van der Waals surface area contributed by atoms with Gasteiger partial charge in [0.1, 0.15) is 5.03 Å². The molecule has 0 aliphatic heterocycles. The molecule has 16 heavy (non-hydrogen) atoms. The lowest BCUT2D eigenvalue weighted by atomic mass is 10.3. The van der Waals surface area contributed by atoms with Crippen LogP contribution in [0.25, 0.3) is 11.0 Å². The van der Waals surface area contributed by atoms with Crippen molar-refractivity contribution >= 4 is 22.8 Å². The van der Waals surface area contributed by atoms with Crippen LogP contribution in [-0.4, -0.2) is 15.7 Å². The molecule has 0 radical (unpaired) electrons. The second-order valence-corrected chi connectivity index (χ2v) is 4.89. The lowest BCUT2D eigenvalue weighted by Crippen LogP contribution is -1.93. The predicted molar refractivity (Wildman–Crippen MR) is 69.9 cm³/mol. The normalized spacial score (nSPS) is 10.9. The lowest BCUT2D eigenvalue weighted by molar-refractivity contribution is 0.893. The van der Waals surface area contributed by atoms with E-state index in [1.165, 1.54) is 12.8 Å². The van der Waals surface area contributed by atoms with Crippen LogP contribution in [0.3, 0.4) is 0 Å². The first kappa shape index (κ1) is 11.4. The average molecular weight is 232 g/mol. The molecule has 0 bridgehead atoms. The van der Waals surface area contributed by atoms with E-state index >= 15 is 0 Å². The van der Waals surface area contributed by atoms with Crippen molar-refractivity contribution in [2.45, 2.75) is 31.7 Å².